The van der Waals surface area contributed by atoms with Gasteiger partial charge in [0.05, 0.1) is 6.61 Å². The van der Waals surface area contributed by atoms with Gasteiger partial charge in [-0.15, -0.1) is 0 Å². The number of fused-ring (bicyclic) bond motifs is 1. The molecule has 0 bridgehead atoms. The van der Waals surface area contributed by atoms with Gasteiger partial charge >= 0.3 is 0 Å². The van der Waals surface area contributed by atoms with Crippen LogP contribution in [-0.2, 0) is 0 Å². The van der Waals surface area contributed by atoms with Crippen molar-refractivity contribution in [3.63, 3.8) is 0 Å². The summed E-state index contributed by atoms with van der Waals surface area (Å²) in [6.45, 7) is 3.91. The van der Waals surface area contributed by atoms with Gasteiger partial charge in [-0.3, -0.25) is 4.90 Å². The van der Waals surface area contributed by atoms with Crippen molar-refractivity contribution in [1.29, 1.82) is 0 Å². The van der Waals surface area contributed by atoms with Gasteiger partial charge in [0.2, 0.25) is 0 Å². The fraction of sp³-hybridized carbons (Fsp3) is 1.00. The summed E-state index contributed by atoms with van der Waals surface area (Å²) in [4.78, 5) is 2.60. The van der Waals surface area contributed by atoms with Gasteiger partial charge in [-0.2, -0.15) is 0 Å². The van der Waals surface area contributed by atoms with Gasteiger partial charge in [0.15, 0.2) is 0 Å². The predicted molar refractivity (Wildman–Crippen MR) is 58.2 cm³/mol. The van der Waals surface area contributed by atoms with E-state index in [4.69, 9.17) is 0 Å². The minimum Gasteiger partial charge on any atom is -0.395 e. The Kier molecular flexibility index (Phi) is 3.45. The molecular weight excluding hydrogens is 174 g/mol. The van der Waals surface area contributed by atoms with Crippen molar-refractivity contribution < 1.29 is 5.11 Å². The molecule has 0 aromatic rings. The standard InChI is InChI=1S/C12H23NO/c1-2-10-6-7-11(9-14)13-8-4-3-5-12(10)13/h10-12,14H,2-9H2,1H3. The second-order valence-electron chi connectivity index (χ2n) is 4.88. The zero-order valence-corrected chi connectivity index (χ0v) is 9.28. The summed E-state index contributed by atoms with van der Waals surface area (Å²) in [5.41, 5.74) is 0. The molecule has 0 spiro atoms. The third-order valence-corrected chi connectivity index (χ3v) is 4.21. The Morgan fingerprint density at radius 2 is 2.07 bits per heavy atom. The number of piperidine rings is 2. The molecule has 2 saturated heterocycles. The third-order valence-electron chi connectivity index (χ3n) is 4.21. The molecule has 3 atom stereocenters. The topological polar surface area (TPSA) is 23.5 Å². The van der Waals surface area contributed by atoms with Crippen molar-refractivity contribution in [3.8, 4) is 0 Å². The van der Waals surface area contributed by atoms with Crippen LogP contribution in [0.5, 0.6) is 0 Å². The lowest BCUT2D eigenvalue weighted by atomic mass is 9.79. The first kappa shape index (κ1) is 10.4. The third kappa shape index (κ3) is 1.82. The summed E-state index contributed by atoms with van der Waals surface area (Å²) in [5.74, 6) is 0.901. The summed E-state index contributed by atoms with van der Waals surface area (Å²) in [7, 11) is 0. The van der Waals surface area contributed by atoms with Crippen LogP contribution in [-0.4, -0.2) is 35.2 Å². The Bertz CT molecular complexity index is 163. The molecule has 2 heteroatoms. The summed E-state index contributed by atoms with van der Waals surface area (Å²) in [6, 6.07) is 1.27. The number of hydrogen-bond donors (Lipinski definition) is 1. The Balaban J connectivity index is 2.05. The minimum atomic E-state index is 0.368. The van der Waals surface area contributed by atoms with E-state index in [9.17, 15) is 5.11 Å². The highest BCUT2D eigenvalue weighted by Crippen LogP contribution is 2.35. The second-order valence-corrected chi connectivity index (χ2v) is 4.88. The van der Waals surface area contributed by atoms with Crippen molar-refractivity contribution in [2.45, 2.75) is 57.5 Å². The molecule has 0 aromatic heterocycles. The van der Waals surface area contributed by atoms with E-state index in [1.165, 1.54) is 45.1 Å². The Morgan fingerprint density at radius 3 is 2.79 bits per heavy atom. The lowest BCUT2D eigenvalue weighted by molar-refractivity contribution is -0.0119. The zero-order chi connectivity index (χ0) is 9.97. The molecule has 2 fully saturated rings. The van der Waals surface area contributed by atoms with E-state index in [0.717, 1.165) is 12.0 Å². The fourth-order valence-corrected chi connectivity index (χ4v) is 3.38. The van der Waals surface area contributed by atoms with Crippen LogP contribution in [0.1, 0.15) is 45.4 Å². The van der Waals surface area contributed by atoms with Crippen LogP contribution in [0.25, 0.3) is 0 Å². The molecule has 2 heterocycles. The molecule has 0 aliphatic carbocycles. The van der Waals surface area contributed by atoms with Gasteiger partial charge in [-0.05, 0) is 38.1 Å². The van der Waals surface area contributed by atoms with E-state index in [1.807, 2.05) is 0 Å². The van der Waals surface area contributed by atoms with Crippen LogP contribution in [0.15, 0.2) is 0 Å². The van der Waals surface area contributed by atoms with Crippen LogP contribution in [0.3, 0.4) is 0 Å². The lowest BCUT2D eigenvalue weighted by Crippen LogP contribution is -2.54. The Hall–Kier alpha value is -0.0800. The number of nitrogens with zero attached hydrogens (tertiary/aromatic N) is 1. The summed E-state index contributed by atoms with van der Waals surface area (Å²) in [5, 5.41) is 9.35. The van der Waals surface area contributed by atoms with E-state index in [2.05, 4.69) is 11.8 Å². The fourth-order valence-electron chi connectivity index (χ4n) is 3.38. The van der Waals surface area contributed by atoms with Crippen molar-refractivity contribution in [1.82, 2.24) is 4.90 Å². The lowest BCUT2D eigenvalue weighted by Gasteiger charge is -2.48. The van der Waals surface area contributed by atoms with E-state index >= 15 is 0 Å². The normalized spacial score (nSPS) is 39.4. The summed E-state index contributed by atoms with van der Waals surface area (Å²) < 4.78 is 0. The molecule has 0 amide bonds. The number of aliphatic hydroxyl groups is 1. The van der Waals surface area contributed by atoms with Crippen molar-refractivity contribution in [2.75, 3.05) is 13.2 Å². The van der Waals surface area contributed by atoms with Crippen molar-refractivity contribution in [3.05, 3.63) is 0 Å². The second kappa shape index (κ2) is 4.63. The minimum absolute atomic E-state index is 0.368. The van der Waals surface area contributed by atoms with Crippen LogP contribution in [0.2, 0.25) is 0 Å². The molecule has 1 N–H and O–H groups in total. The quantitative estimate of drug-likeness (QED) is 0.732. The molecule has 2 nitrogen and oxygen atoms in total. The van der Waals surface area contributed by atoms with Crippen LogP contribution >= 0.6 is 0 Å². The molecule has 2 aliphatic heterocycles. The molecule has 3 unspecified atom stereocenters. The van der Waals surface area contributed by atoms with Gasteiger partial charge in [0.1, 0.15) is 0 Å². The smallest absolute Gasteiger partial charge is 0.0586 e. The number of rotatable bonds is 2. The van der Waals surface area contributed by atoms with Crippen molar-refractivity contribution >= 4 is 0 Å². The average molecular weight is 197 g/mol. The van der Waals surface area contributed by atoms with E-state index in [0.29, 0.717) is 12.6 Å². The highest BCUT2D eigenvalue weighted by molar-refractivity contribution is 4.91. The van der Waals surface area contributed by atoms with Crippen LogP contribution in [0, 0.1) is 5.92 Å². The van der Waals surface area contributed by atoms with E-state index in [1.54, 1.807) is 0 Å². The molecule has 0 aromatic carbocycles. The highest BCUT2D eigenvalue weighted by Gasteiger charge is 2.36. The first-order valence-corrected chi connectivity index (χ1v) is 6.23. The molecule has 0 saturated carbocycles. The van der Waals surface area contributed by atoms with Gasteiger partial charge in [-0.1, -0.05) is 19.8 Å². The largest absolute Gasteiger partial charge is 0.395 e. The predicted octanol–water partition coefficient (Wildman–Crippen LogP) is 2.02. The molecule has 2 aliphatic rings. The molecule has 0 radical (unpaired) electrons. The SMILES string of the molecule is CCC1CCC(CO)N2CCCCC12. The maximum Gasteiger partial charge on any atom is 0.0586 e. The van der Waals surface area contributed by atoms with E-state index in [-0.39, 0.29) is 0 Å². The maximum atomic E-state index is 9.35. The maximum absolute atomic E-state index is 9.35. The monoisotopic (exact) mass is 197 g/mol. The first-order chi connectivity index (χ1) is 6.86. The van der Waals surface area contributed by atoms with Gasteiger partial charge in [0, 0.05) is 12.1 Å². The first-order valence-electron chi connectivity index (χ1n) is 6.23. The molecule has 14 heavy (non-hydrogen) atoms. The zero-order valence-electron chi connectivity index (χ0n) is 9.28. The van der Waals surface area contributed by atoms with Gasteiger partial charge < -0.3 is 5.11 Å². The van der Waals surface area contributed by atoms with Crippen LogP contribution < -0.4 is 0 Å². The van der Waals surface area contributed by atoms with Crippen molar-refractivity contribution in [2.24, 2.45) is 5.92 Å². The summed E-state index contributed by atoms with van der Waals surface area (Å²) >= 11 is 0. The Morgan fingerprint density at radius 1 is 1.21 bits per heavy atom. The van der Waals surface area contributed by atoms with Crippen LogP contribution in [0.4, 0.5) is 0 Å². The molecule has 2 rings (SSSR count). The molecular formula is C12H23NO. The van der Waals surface area contributed by atoms with Gasteiger partial charge in [0.25, 0.3) is 0 Å². The van der Waals surface area contributed by atoms with Gasteiger partial charge in [-0.25, -0.2) is 0 Å². The molecule has 82 valence electrons. The highest BCUT2D eigenvalue weighted by atomic mass is 16.3. The summed E-state index contributed by atoms with van der Waals surface area (Å²) in [6.07, 6.45) is 7.97. The average Bonchev–Trinajstić information content (AvgIpc) is 2.27. The number of aliphatic hydroxyl groups excluding tert-OH is 1. The number of hydrogen-bond acceptors (Lipinski definition) is 2. The Labute approximate surface area is 87.3 Å². The van der Waals surface area contributed by atoms with E-state index < -0.39 is 0 Å².